The van der Waals surface area contributed by atoms with Crippen LogP contribution in [0.25, 0.3) is 0 Å². The largest absolute Gasteiger partial charge is 0.467 e. The summed E-state index contributed by atoms with van der Waals surface area (Å²) < 4.78 is 6.67. The molecule has 90 valence electrons. The molecular weight excluding hydrogens is 242 g/mol. The summed E-state index contributed by atoms with van der Waals surface area (Å²) in [4.78, 5) is 13.4. The van der Waals surface area contributed by atoms with E-state index in [1.807, 2.05) is 6.07 Å². The van der Waals surface area contributed by atoms with Crippen molar-refractivity contribution in [3.8, 4) is 0 Å². The summed E-state index contributed by atoms with van der Waals surface area (Å²) in [5.41, 5.74) is 0. The van der Waals surface area contributed by atoms with Crippen molar-refractivity contribution in [1.29, 1.82) is 0 Å². The molecule has 0 fully saturated rings. The molecule has 0 bridgehead atoms. The standard InChI is InChI=1S/C11H12ClN3O2/c1-14(7-10-3-2-4-17-10)11(16)8-15-6-9(12)5-13-15/h2-6H,7-8H2,1H3. The third-order valence-corrected chi connectivity index (χ3v) is 2.49. The molecule has 2 rings (SSSR count). The minimum Gasteiger partial charge on any atom is -0.467 e. The van der Waals surface area contributed by atoms with Crippen LogP contribution in [-0.2, 0) is 17.9 Å². The highest BCUT2D eigenvalue weighted by Crippen LogP contribution is 2.07. The molecule has 0 unspecified atom stereocenters. The maximum Gasteiger partial charge on any atom is 0.244 e. The molecule has 0 aromatic carbocycles. The van der Waals surface area contributed by atoms with Crippen LogP contribution >= 0.6 is 11.6 Å². The van der Waals surface area contributed by atoms with Gasteiger partial charge in [0.1, 0.15) is 12.3 Å². The summed E-state index contributed by atoms with van der Waals surface area (Å²) in [6, 6.07) is 3.62. The lowest BCUT2D eigenvalue weighted by Gasteiger charge is -2.15. The van der Waals surface area contributed by atoms with E-state index in [9.17, 15) is 4.79 Å². The van der Waals surface area contributed by atoms with Gasteiger partial charge in [0.2, 0.25) is 5.91 Å². The quantitative estimate of drug-likeness (QED) is 0.835. The number of halogens is 1. The average molecular weight is 254 g/mol. The predicted molar refractivity (Wildman–Crippen MR) is 62.4 cm³/mol. The van der Waals surface area contributed by atoms with E-state index in [-0.39, 0.29) is 12.5 Å². The maximum absolute atomic E-state index is 11.8. The van der Waals surface area contributed by atoms with Crippen LogP contribution in [0.2, 0.25) is 5.02 Å². The van der Waals surface area contributed by atoms with E-state index in [0.717, 1.165) is 5.76 Å². The molecule has 17 heavy (non-hydrogen) atoms. The van der Waals surface area contributed by atoms with Crippen molar-refractivity contribution in [2.24, 2.45) is 0 Å². The number of furan rings is 1. The van der Waals surface area contributed by atoms with Crippen LogP contribution in [0.4, 0.5) is 0 Å². The second-order valence-corrected chi connectivity index (χ2v) is 4.12. The molecule has 0 N–H and O–H groups in total. The third kappa shape index (κ3) is 3.10. The number of hydrogen-bond donors (Lipinski definition) is 0. The first-order valence-corrected chi connectivity index (χ1v) is 5.47. The van der Waals surface area contributed by atoms with Crippen LogP contribution in [0.15, 0.2) is 35.2 Å². The van der Waals surface area contributed by atoms with Crippen LogP contribution in [-0.4, -0.2) is 27.6 Å². The van der Waals surface area contributed by atoms with Gasteiger partial charge in [0.25, 0.3) is 0 Å². The molecule has 0 saturated heterocycles. The van der Waals surface area contributed by atoms with Crippen LogP contribution in [0.5, 0.6) is 0 Å². The zero-order chi connectivity index (χ0) is 12.3. The number of carbonyl (C=O) groups is 1. The predicted octanol–water partition coefficient (Wildman–Crippen LogP) is 1.79. The Hall–Kier alpha value is -1.75. The fourth-order valence-electron chi connectivity index (χ4n) is 1.41. The Kier molecular flexibility index (Phi) is 3.49. The number of nitrogens with zero attached hydrogens (tertiary/aromatic N) is 3. The lowest BCUT2D eigenvalue weighted by Crippen LogP contribution is -2.29. The Morgan fingerprint density at radius 3 is 3.06 bits per heavy atom. The molecule has 0 atom stereocenters. The van der Waals surface area contributed by atoms with Gasteiger partial charge >= 0.3 is 0 Å². The zero-order valence-corrected chi connectivity index (χ0v) is 10.1. The van der Waals surface area contributed by atoms with E-state index >= 15 is 0 Å². The number of rotatable bonds is 4. The van der Waals surface area contributed by atoms with E-state index in [1.165, 1.54) is 10.9 Å². The summed E-state index contributed by atoms with van der Waals surface area (Å²) in [7, 11) is 1.72. The van der Waals surface area contributed by atoms with Gasteiger partial charge in [-0.05, 0) is 12.1 Å². The summed E-state index contributed by atoms with van der Waals surface area (Å²) >= 11 is 5.72. The highest BCUT2D eigenvalue weighted by atomic mass is 35.5. The van der Waals surface area contributed by atoms with Crippen LogP contribution in [0.3, 0.4) is 0 Å². The van der Waals surface area contributed by atoms with Gasteiger partial charge in [-0.1, -0.05) is 11.6 Å². The van der Waals surface area contributed by atoms with Gasteiger partial charge in [-0.25, -0.2) is 0 Å². The first-order chi connectivity index (χ1) is 8.15. The van der Waals surface area contributed by atoms with Crippen molar-refractivity contribution in [2.75, 3.05) is 7.05 Å². The molecule has 2 aromatic rings. The first kappa shape index (κ1) is 11.7. The van der Waals surface area contributed by atoms with Crippen molar-refractivity contribution in [1.82, 2.24) is 14.7 Å². The number of hydrogen-bond acceptors (Lipinski definition) is 3. The van der Waals surface area contributed by atoms with Gasteiger partial charge < -0.3 is 9.32 Å². The first-order valence-electron chi connectivity index (χ1n) is 5.09. The highest BCUT2D eigenvalue weighted by Gasteiger charge is 2.11. The zero-order valence-electron chi connectivity index (χ0n) is 9.34. The molecule has 5 nitrogen and oxygen atoms in total. The van der Waals surface area contributed by atoms with Crippen molar-refractivity contribution in [2.45, 2.75) is 13.1 Å². The molecule has 0 radical (unpaired) electrons. The Morgan fingerprint density at radius 2 is 2.47 bits per heavy atom. The Bertz CT molecular complexity index is 493. The third-order valence-electron chi connectivity index (χ3n) is 2.30. The van der Waals surface area contributed by atoms with Crippen molar-refractivity contribution < 1.29 is 9.21 Å². The van der Waals surface area contributed by atoms with Crippen molar-refractivity contribution in [3.63, 3.8) is 0 Å². The summed E-state index contributed by atoms with van der Waals surface area (Å²) in [5.74, 6) is 0.695. The van der Waals surface area contributed by atoms with E-state index in [2.05, 4.69) is 5.10 Å². The van der Waals surface area contributed by atoms with Gasteiger partial charge in [0.15, 0.2) is 0 Å². The molecule has 1 amide bonds. The molecule has 0 spiro atoms. The molecule has 6 heteroatoms. The normalized spacial score (nSPS) is 10.5. The van der Waals surface area contributed by atoms with E-state index in [0.29, 0.717) is 11.6 Å². The fraction of sp³-hybridized carbons (Fsp3) is 0.273. The fourth-order valence-corrected chi connectivity index (χ4v) is 1.56. The number of aromatic nitrogens is 2. The van der Waals surface area contributed by atoms with Gasteiger partial charge in [0.05, 0.1) is 24.0 Å². The monoisotopic (exact) mass is 253 g/mol. The summed E-state index contributed by atoms with van der Waals surface area (Å²) in [6.45, 7) is 0.616. The molecule has 2 aromatic heterocycles. The molecule has 0 aliphatic heterocycles. The lowest BCUT2D eigenvalue weighted by molar-refractivity contribution is -0.131. The maximum atomic E-state index is 11.8. The van der Waals surface area contributed by atoms with Crippen molar-refractivity contribution >= 4 is 17.5 Å². The van der Waals surface area contributed by atoms with E-state index in [1.54, 1.807) is 30.5 Å². The van der Waals surface area contributed by atoms with Crippen molar-refractivity contribution in [3.05, 3.63) is 41.6 Å². The molecule has 2 heterocycles. The number of carbonyl (C=O) groups excluding carboxylic acids is 1. The Morgan fingerprint density at radius 1 is 1.65 bits per heavy atom. The Balaban J connectivity index is 1.91. The van der Waals surface area contributed by atoms with Gasteiger partial charge in [0, 0.05) is 13.2 Å². The topological polar surface area (TPSA) is 51.3 Å². The van der Waals surface area contributed by atoms with Gasteiger partial charge in [-0.15, -0.1) is 0 Å². The molecule has 0 aliphatic carbocycles. The van der Waals surface area contributed by atoms with Gasteiger partial charge in [-0.3, -0.25) is 9.48 Å². The minimum absolute atomic E-state index is 0.0545. The Labute approximate surface area is 104 Å². The average Bonchev–Trinajstić information content (AvgIpc) is 2.90. The smallest absolute Gasteiger partial charge is 0.244 e. The molecule has 0 saturated carbocycles. The van der Waals surface area contributed by atoms with Crippen LogP contribution < -0.4 is 0 Å². The molecular formula is C11H12ClN3O2. The number of amides is 1. The molecule has 0 aliphatic rings. The minimum atomic E-state index is -0.0545. The number of likely N-dealkylation sites (N-methyl/N-ethyl adjacent to an activating group) is 1. The lowest BCUT2D eigenvalue weighted by atomic mass is 10.4. The summed E-state index contributed by atoms with van der Waals surface area (Å²) in [5, 5.41) is 4.47. The van der Waals surface area contributed by atoms with E-state index in [4.69, 9.17) is 16.0 Å². The van der Waals surface area contributed by atoms with E-state index < -0.39 is 0 Å². The second-order valence-electron chi connectivity index (χ2n) is 3.69. The second kappa shape index (κ2) is 5.05. The highest BCUT2D eigenvalue weighted by molar-refractivity contribution is 6.30. The van der Waals surface area contributed by atoms with Gasteiger partial charge in [-0.2, -0.15) is 5.10 Å². The summed E-state index contributed by atoms with van der Waals surface area (Å²) in [6.07, 6.45) is 4.70. The van der Waals surface area contributed by atoms with Crippen LogP contribution in [0.1, 0.15) is 5.76 Å². The SMILES string of the molecule is CN(Cc1ccco1)C(=O)Cn1cc(Cl)cn1. The van der Waals surface area contributed by atoms with Crippen LogP contribution in [0, 0.1) is 0 Å².